The average molecular weight is 392 g/mol. The van der Waals surface area contributed by atoms with Gasteiger partial charge in [0.25, 0.3) is 0 Å². The van der Waals surface area contributed by atoms with E-state index in [1.165, 1.54) is 11.3 Å². The highest BCUT2D eigenvalue weighted by atomic mass is 32.1. The summed E-state index contributed by atoms with van der Waals surface area (Å²) in [5, 5.41) is 4.34. The van der Waals surface area contributed by atoms with Gasteiger partial charge in [-0.25, -0.2) is 0 Å². The fourth-order valence-corrected chi connectivity index (χ4v) is 4.16. The Bertz CT molecular complexity index is 909. The van der Waals surface area contributed by atoms with Gasteiger partial charge < -0.3 is 14.8 Å². The molecule has 5 nitrogen and oxygen atoms in total. The van der Waals surface area contributed by atoms with Gasteiger partial charge in [-0.2, -0.15) is 0 Å². The van der Waals surface area contributed by atoms with Gasteiger partial charge in [0.05, 0.1) is 17.8 Å². The average Bonchev–Trinajstić information content (AvgIpc) is 3.31. The highest BCUT2D eigenvalue weighted by molar-refractivity contribution is 7.80. The van der Waals surface area contributed by atoms with Crippen LogP contribution in [0, 0.1) is 0 Å². The molecule has 3 aromatic rings. The topological polar surface area (TPSA) is 46.0 Å². The van der Waals surface area contributed by atoms with Gasteiger partial charge in [0.15, 0.2) is 5.11 Å². The van der Waals surface area contributed by atoms with Gasteiger partial charge in [-0.3, -0.25) is 9.97 Å². The lowest BCUT2D eigenvalue weighted by Crippen LogP contribution is -2.31. The first-order chi connectivity index (χ1) is 13.8. The Morgan fingerprint density at radius 2 is 2.04 bits per heavy atom. The molecule has 1 N–H and O–H groups in total. The summed E-state index contributed by atoms with van der Waals surface area (Å²) in [6, 6.07) is 14.6. The van der Waals surface area contributed by atoms with Crippen molar-refractivity contribution in [3.05, 3.63) is 84.2 Å². The summed E-state index contributed by atoms with van der Waals surface area (Å²) >= 11 is 5.72. The first-order valence-corrected chi connectivity index (χ1v) is 10.2. The second-order valence-corrected chi connectivity index (χ2v) is 7.48. The molecule has 1 aliphatic heterocycles. The van der Waals surface area contributed by atoms with Crippen LogP contribution in [0.25, 0.3) is 0 Å². The van der Waals surface area contributed by atoms with Crippen molar-refractivity contribution in [3.8, 4) is 0 Å². The predicted molar refractivity (Wildman–Crippen MR) is 115 cm³/mol. The minimum absolute atomic E-state index is 0.0353. The Morgan fingerprint density at radius 1 is 1.11 bits per heavy atom. The van der Waals surface area contributed by atoms with Crippen molar-refractivity contribution >= 4 is 17.3 Å². The highest BCUT2D eigenvalue weighted by Gasteiger charge is 2.40. The molecule has 1 aliphatic rings. The standard InChI is InChI=1S/C22H25N5S/c1-2-3-14-27-21(20(25-22(27)28)18-9-4-5-12-24-18)19-10-7-13-26(19)16-17-8-6-11-23-15-17/h4-13,15,20-21H,2-3,14,16H2,1H3,(H,25,28)/t20-,21+/m0/s1. The van der Waals surface area contributed by atoms with Crippen LogP contribution in [0.4, 0.5) is 0 Å². The number of nitrogens with one attached hydrogen (secondary N) is 1. The molecule has 0 aliphatic carbocycles. The van der Waals surface area contributed by atoms with E-state index in [-0.39, 0.29) is 12.1 Å². The molecule has 4 heterocycles. The van der Waals surface area contributed by atoms with Gasteiger partial charge in [-0.15, -0.1) is 0 Å². The monoisotopic (exact) mass is 391 g/mol. The Morgan fingerprint density at radius 3 is 2.79 bits per heavy atom. The first kappa shape index (κ1) is 18.6. The number of aromatic nitrogens is 3. The minimum atomic E-state index is 0.0353. The quantitative estimate of drug-likeness (QED) is 0.615. The van der Waals surface area contributed by atoms with Crippen LogP contribution in [0.3, 0.4) is 0 Å². The number of rotatable bonds is 7. The zero-order chi connectivity index (χ0) is 19.3. The van der Waals surface area contributed by atoms with Crippen molar-refractivity contribution in [2.75, 3.05) is 6.54 Å². The van der Waals surface area contributed by atoms with Crippen molar-refractivity contribution in [3.63, 3.8) is 0 Å². The number of hydrogen-bond acceptors (Lipinski definition) is 3. The molecule has 4 rings (SSSR count). The molecule has 144 valence electrons. The van der Waals surface area contributed by atoms with E-state index in [9.17, 15) is 0 Å². The zero-order valence-corrected chi connectivity index (χ0v) is 16.8. The number of pyridine rings is 2. The summed E-state index contributed by atoms with van der Waals surface area (Å²) in [4.78, 5) is 11.2. The van der Waals surface area contributed by atoms with Gasteiger partial charge in [-0.05, 0) is 54.5 Å². The Hall–Kier alpha value is -2.73. The van der Waals surface area contributed by atoms with E-state index >= 15 is 0 Å². The lowest BCUT2D eigenvalue weighted by molar-refractivity contribution is 0.300. The lowest BCUT2D eigenvalue weighted by Gasteiger charge is -2.29. The summed E-state index contributed by atoms with van der Waals surface area (Å²) in [5.41, 5.74) is 3.44. The Balaban J connectivity index is 1.70. The third-order valence-electron chi connectivity index (χ3n) is 5.19. The normalized spacial score (nSPS) is 19.0. The molecule has 0 bridgehead atoms. The number of unbranched alkanes of at least 4 members (excludes halogenated alkanes) is 1. The molecule has 0 aromatic carbocycles. The molecule has 2 atom stereocenters. The van der Waals surface area contributed by atoms with Gasteiger partial charge in [0.1, 0.15) is 0 Å². The zero-order valence-electron chi connectivity index (χ0n) is 16.0. The number of thiocarbonyl (C=S) groups is 1. The molecular formula is C22H25N5S. The summed E-state index contributed by atoms with van der Waals surface area (Å²) in [7, 11) is 0. The maximum atomic E-state index is 5.72. The van der Waals surface area contributed by atoms with Crippen molar-refractivity contribution in [2.45, 2.75) is 38.4 Å². The van der Waals surface area contributed by atoms with Crippen molar-refractivity contribution in [1.82, 2.24) is 24.8 Å². The van der Waals surface area contributed by atoms with E-state index in [0.717, 1.165) is 36.7 Å². The number of hydrogen-bond donors (Lipinski definition) is 1. The van der Waals surface area contributed by atoms with Crippen LogP contribution in [0.15, 0.2) is 67.3 Å². The molecule has 0 spiro atoms. The van der Waals surface area contributed by atoms with E-state index in [2.05, 4.69) is 62.1 Å². The molecule has 1 fully saturated rings. The third kappa shape index (κ3) is 3.78. The van der Waals surface area contributed by atoms with Crippen LogP contribution in [-0.2, 0) is 6.54 Å². The first-order valence-electron chi connectivity index (χ1n) is 9.80. The second kappa shape index (κ2) is 8.52. The van der Waals surface area contributed by atoms with Crippen molar-refractivity contribution in [2.24, 2.45) is 0 Å². The van der Waals surface area contributed by atoms with E-state index < -0.39 is 0 Å². The molecule has 0 amide bonds. The number of nitrogens with zero attached hydrogens (tertiary/aromatic N) is 4. The molecule has 28 heavy (non-hydrogen) atoms. The molecule has 3 aromatic heterocycles. The van der Waals surface area contributed by atoms with Crippen molar-refractivity contribution in [1.29, 1.82) is 0 Å². The largest absolute Gasteiger partial charge is 0.352 e. The lowest BCUT2D eigenvalue weighted by atomic mass is 10.0. The van der Waals surface area contributed by atoms with E-state index in [4.69, 9.17) is 12.2 Å². The Labute approximate surface area is 171 Å². The fourth-order valence-electron chi connectivity index (χ4n) is 3.82. The minimum Gasteiger partial charge on any atom is -0.352 e. The van der Waals surface area contributed by atoms with Crippen LogP contribution in [-0.4, -0.2) is 31.1 Å². The van der Waals surface area contributed by atoms with Crippen LogP contribution in [0.5, 0.6) is 0 Å². The maximum Gasteiger partial charge on any atom is 0.170 e. The smallest absolute Gasteiger partial charge is 0.170 e. The van der Waals surface area contributed by atoms with Crippen LogP contribution >= 0.6 is 12.2 Å². The van der Waals surface area contributed by atoms with Crippen LogP contribution in [0.2, 0.25) is 0 Å². The summed E-state index contributed by atoms with van der Waals surface area (Å²) in [6.45, 7) is 3.94. The van der Waals surface area contributed by atoms with Gasteiger partial charge in [0.2, 0.25) is 0 Å². The molecule has 0 unspecified atom stereocenters. The molecule has 0 saturated carbocycles. The summed E-state index contributed by atoms with van der Waals surface area (Å²) in [6.07, 6.45) is 9.96. The van der Waals surface area contributed by atoms with Gasteiger partial charge in [0, 0.05) is 43.6 Å². The van der Waals surface area contributed by atoms with Gasteiger partial charge >= 0.3 is 0 Å². The second-order valence-electron chi connectivity index (χ2n) is 7.10. The van der Waals surface area contributed by atoms with E-state index in [1.807, 2.05) is 36.8 Å². The third-order valence-corrected chi connectivity index (χ3v) is 5.55. The van der Waals surface area contributed by atoms with E-state index in [1.54, 1.807) is 0 Å². The fraction of sp³-hybridized carbons (Fsp3) is 0.318. The van der Waals surface area contributed by atoms with Gasteiger partial charge in [-0.1, -0.05) is 25.5 Å². The van der Waals surface area contributed by atoms with Crippen molar-refractivity contribution < 1.29 is 0 Å². The maximum absolute atomic E-state index is 5.72. The SMILES string of the molecule is CCCCN1C(=S)N[C@@H](c2ccccn2)[C@H]1c1cccn1Cc1cccnc1. The highest BCUT2D eigenvalue weighted by Crippen LogP contribution is 2.39. The molecule has 0 radical (unpaired) electrons. The van der Waals surface area contributed by atoms with Crippen LogP contribution in [0.1, 0.15) is 48.8 Å². The predicted octanol–water partition coefficient (Wildman–Crippen LogP) is 4.10. The van der Waals surface area contributed by atoms with E-state index in [0.29, 0.717) is 0 Å². The molecule has 6 heteroatoms. The molecular weight excluding hydrogens is 366 g/mol. The summed E-state index contributed by atoms with van der Waals surface area (Å²) in [5.74, 6) is 0. The Kier molecular flexibility index (Phi) is 5.67. The molecule has 1 saturated heterocycles. The summed E-state index contributed by atoms with van der Waals surface area (Å²) < 4.78 is 2.30. The van der Waals surface area contributed by atoms with Crippen LogP contribution < -0.4 is 5.32 Å².